The van der Waals surface area contributed by atoms with Gasteiger partial charge in [0, 0.05) is 51.0 Å². The summed E-state index contributed by atoms with van der Waals surface area (Å²) in [6, 6.07) is 16.1. The first-order chi connectivity index (χ1) is 15.6. The molecule has 0 spiro atoms. The lowest BCUT2D eigenvalue weighted by Gasteiger charge is -2.44. The Morgan fingerprint density at radius 2 is 1.38 bits per heavy atom. The summed E-state index contributed by atoms with van der Waals surface area (Å²) in [6.45, 7) is 5.54. The van der Waals surface area contributed by atoms with Crippen molar-refractivity contribution >= 4 is 23.2 Å². The second-order valence-electron chi connectivity index (χ2n) is 8.89. The number of amides is 2. The highest BCUT2D eigenvalue weighted by Crippen LogP contribution is 2.29. The van der Waals surface area contributed by atoms with Crippen molar-refractivity contribution in [1.82, 2.24) is 9.80 Å². The van der Waals surface area contributed by atoms with E-state index in [-0.39, 0.29) is 30.1 Å². The smallest absolute Gasteiger partial charge is 0.251 e. The first-order valence-electron chi connectivity index (χ1n) is 11.5. The fourth-order valence-electron chi connectivity index (χ4n) is 5.31. The summed E-state index contributed by atoms with van der Waals surface area (Å²) in [6.07, 6.45) is 2.30. The number of imide groups is 1. The van der Waals surface area contributed by atoms with Gasteiger partial charge in [-0.2, -0.15) is 0 Å². The van der Waals surface area contributed by atoms with Crippen LogP contribution in [-0.2, 0) is 9.59 Å². The molecule has 1 atom stereocenters. The largest absolute Gasteiger partial charge is 0.369 e. The van der Waals surface area contributed by atoms with Gasteiger partial charge in [0.05, 0.1) is 18.2 Å². The predicted octanol–water partition coefficient (Wildman–Crippen LogP) is 2.74. The van der Waals surface area contributed by atoms with Gasteiger partial charge in [0.2, 0.25) is 5.91 Å². The normalized spacial score (nSPS) is 23.8. The molecular weight excluding hydrogens is 407 g/mol. The van der Waals surface area contributed by atoms with Crippen molar-refractivity contribution < 1.29 is 14.0 Å². The van der Waals surface area contributed by atoms with Gasteiger partial charge in [-0.05, 0) is 49.2 Å². The van der Waals surface area contributed by atoms with E-state index < -0.39 is 0 Å². The van der Waals surface area contributed by atoms with Gasteiger partial charge >= 0.3 is 0 Å². The van der Waals surface area contributed by atoms with Crippen molar-refractivity contribution in [3.63, 3.8) is 0 Å². The summed E-state index contributed by atoms with van der Waals surface area (Å²) < 4.78 is 13.2. The van der Waals surface area contributed by atoms with Crippen LogP contribution in [-0.4, -0.2) is 73.0 Å². The third-order valence-electron chi connectivity index (χ3n) is 7.10. The summed E-state index contributed by atoms with van der Waals surface area (Å²) >= 11 is 0. The van der Waals surface area contributed by atoms with Crippen LogP contribution in [0.1, 0.15) is 19.3 Å². The van der Waals surface area contributed by atoms with Crippen LogP contribution in [0.5, 0.6) is 0 Å². The molecule has 168 valence electrons. The molecule has 0 radical (unpaired) electrons. The van der Waals surface area contributed by atoms with Crippen LogP contribution in [0, 0.1) is 5.82 Å². The molecule has 7 heteroatoms. The molecule has 0 N–H and O–H groups in total. The minimum Gasteiger partial charge on any atom is -0.369 e. The molecule has 0 unspecified atom stereocenters. The minimum absolute atomic E-state index is 0.0902. The average Bonchev–Trinajstić information content (AvgIpc) is 3.14. The fraction of sp³-hybridized carbons (Fsp3) is 0.440. The fourth-order valence-corrected chi connectivity index (χ4v) is 5.31. The zero-order valence-electron chi connectivity index (χ0n) is 18.2. The van der Waals surface area contributed by atoms with Crippen molar-refractivity contribution in [2.24, 2.45) is 0 Å². The van der Waals surface area contributed by atoms with Gasteiger partial charge in [-0.3, -0.25) is 19.4 Å². The van der Waals surface area contributed by atoms with E-state index in [0.717, 1.165) is 57.8 Å². The van der Waals surface area contributed by atoms with Gasteiger partial charge in [0.1, 0.15) is 5.82 Å². The van der Waals surface area contributed by atoms with Crippen molar-refractivity contribution in [2.75, 3.05) is 49.1 Å². The Bertz CT molecular complexity index is 952. The molecule has 3 aliphatic rings. The maximum atomic E-state index is 13.2. The summed E-state index contributed by atoms with van der Waals surface area (Å²) in [5, 5.41) is 0. The lowest BCUT2D eigenvalue weighted by atomic mass is 10.00. The number of carbonyl (C=O) groups is 2. The number of nitrogens with zero attached hydrogens (tertiary/aromatic N) is 4. The van der Waals surface area contributed by atoms with Crippen molar-refractivity contribution in [1.29, 1.82) is 0 Å². The second kappa shape index (κ2) is 9.00. The molecule has 6 nitrogen and oxygen atoms in total. The molecule has 2 aromatic carbocycles. The summed E-state index contributed by atoms with van der Waals surface area (Å²) in [5.41, 5.74) is 1.74. The topological polar surface area (TPSA) is 47.1 Å². The quantitative estimate of drug-likeness (QED) is 0.690. The highest BCUT2D eigenvalue weighted by atomic mass is 19.1. The zero-order chi connectivity index (χ0) is 22.1. The van der Waals surface area contributed by atoms with Gasteiger partial charge in [-0.25, -0.2) is 9.29 Å². The Morgan fingerprint density at radius 1 is 0.719 bits per heavy atom. The summed E-state index contributed by atoms with van der Waals surface area (Å²) in [5.74, 6) is -0.397. The molecule has 0 saturated carbocycles. The molecule has 3 saturated heterocycles. The Balaban J connectivity index is 1.14. The lowest BCUT2D eigenvalue weighted by molar-refractivity contribution is -0.123. The number of carbonyl (C=O) groups excluding carboxylic acids is 2. The number of halogens is 1. The summed E-state index contributed by atoms with van der Waals surface area (Å²) in [7, 11) is 0. The van der Waals surface area contributed by atoms with E-state index in [1.165, 1.54) is 17.0 Å². The van der Waals surface area contributed by atoms with Gasteiger partial charge in [-0.1, -0.05) is 18.2 Å². The van der Waals surface area contributed by atoms with Crippen LogP contribution >= 0.6 is 0 Å². The standard InChI is InChI=1S/C25H29FN4O2/c26-19-6-8-20(9-7-19)27-14-16-28(17-15-27)21-10-12-29(13-11-21)23-18-24(31)30(25(23)32)22-4-2-1-3-5-22/h1-9,21,23H,10-18H2/t23-/m1/s1. The van der Waals surface area contributed by atoms with E-state index in [0.29, 0.717) is 11.7 Å². The third kappa shape index (κ3) is 4.14. The Hall–Kier alpha value is -2.77. The maximum Gasteiger partial charge on any atom is 0.251 e. The van der Waals surface area contributed by atoms with E-state index in [4.69, 9.17) is 0 Å². The predicted molar refractivity (Wildman–Crippen MR) is 122 cm³/mol. The average molecular weight is 437 g/mol. The highest BCUT2D eigenvalue weighted by Gasteiger charge is 2.43. The van der Waals surface area contributed by atoms with Crippen LogP contribution in [0.4, 0.5) is 15.8 Å². The van der Waals surface area contributed by atoms with E-state index in [9.17, 15) is 14.0 Å². The van der Waals surface area contributed by atoms with Crippen molar-refractivity contribution in [3.8, 4) is 0 Å². The van der Waals surface area contributed by atoms with E-state index in [1.807, 2.05) is 42.5 Å². The molecule has 0 aromatic heterocycles. The van der Waals surface area contributed by atoms with E-state index in [1.54, 1.807) is 0 Å². The Kier molecular flexibility index (Phi) is 5.93. The third-order valence-corrected chi connectivity index (χ3v) is 7.10. The molecule has 2 amide bonds. The zero-order valence-corrected chi connectivity index (χ0v) is 18.2. The lowest BCUT2D eigenvalue weighted by Crippen LogP contribution is -2.55. The molecule has 5 rings (SSSR count). The number of hydrogen-bond acceptors (Lipinski definition) is 5. The molecule has 32 heavy (non-hydrogen) atoms. The van der Waals surface area contributed by atoms with Crippen LogP contribution in [0.25, 0.3) is 0 Å². The molecule has 3 fully saturated rings. The van der Waals surface area contributed by atoms with Gasteiger partial charge < -0.3 is 4.90 Å². The molecule has 2 aromatic rings. The van der Waals surface area contributed by atoms with Gasteiger partial charge in [0.25, 0.3) is 5.91 Å². The number of rotatable bonds is 4. The number of likely N-dealkylation sites (tertiary alicyclic amines) is 1. The first-order valence-corrected chi connectivity index (χ1v) is 11.5. The van der Waals surface area contributed by atoms with Crippen molar-refractivity contribution in [2.45, 2.75) is 31.3 Å². The van der Waals surface area contributed by atoms with Crippen LogP contribution < -0.4 is 9.80 Å². The summed E-state index contributed by atoms with van der Waals surface area (Å²) in [4.78, 5) is 34.0. The van der Waals surface area contributed by atoms with Gasteiger partial charge in [-0.15, -0.1) is 0 Å². The number of anilines is 2. The first kappa shape index (κ1) is 21.1. The SMILES string of the molecule is O=C1C[C@@H](N2CCC(N3CCN(c4ccc(F)cc4)CC3)CC2)C(=O)N1c1ccccc1. The highest BCUT2D eigenvalue weighted by molar-refractivity contribution is 6.22. The van der Waals surface area contributed by atoms with Crippen LogP contribution in [0.15, 0.2) is 54.6 Å². The Labute approximate surface area is 188 Å². The molecule has 3 aliphatic heterocycles. The van der Waals surface area contributed by atoms with Crippen LogP contribution in [0.3, 0.4) is 0 Å². The monoisotopic (exact) mass is 436 g/mol. The number of piperazine rings is 1. The molecular formula is C25H29FN4O2. The number of piperidine rings is 1. The molecule has 0 bridgehead atoms. The molecule has 0 aliphatic carbocycles. The minimum atomic E-state index is -0.334. The second-order valence-corrected chi connectivity index (χ2v) is 8.89. The number of hydrogen-bond donors (Lipinski definition) is 0. The number of benzene rings is 2. The van der Waals surface area contributed by atoms with E-state index in [2.05, 4.69) is 14.7 Å². The Morgan fingerprint density at radius 3 is 2.03 bits per heavy atom. The molecule has 3 heterocycles. The maximum absolute atomic E-state index is 13.2. The van der Waals surface area contributed by atoms with E-state index >= 15 is 0 Å². The van der Waals surface area contributed by atoms with Gasteiger partial charge in [0.15, 0.2) is 0 Å². The van der Waals surface area contributed by atoms with Crippen molar-refractivity contribution in [3.05, 3.63) is 60.4 Å². The van der Waals surface area contributed by atoms with Crippen LogP contribution in [0.2, 0.25) is 0 Å². The number of para-hydroxylation sites is 1.